The number of thioether (sulfide) groups is 1. The number of nitrogens with one attached hydrogen (secondary N) is 1. The zero-order valence-corrected chi connectivity index (χ0v) is 16.7. The predicted octanol–water partition coefficient (Wildman–Crippen LogP) is 2.60. The first-order chi connectivity index (χ1) is 14.1. The van der Waals surface area contributed by atoms with Crippen molar-refractivity contribution < 1.29 is 14.3 Å². The number of hydrazone groups is 1. The lowest BCUT2D eigenvalue weighted by Crippen LogP contribution is -2.20. The molecule has 148 valence electrons. The number of nitrogens with zero attached hydrogens (tertiary/aromatic N) is 4. The monoisotopic (exact) mass is 409 g/mol. The van der Waals surface area contributed by atoms with E-state index in [9.17, 15) is 9.59 Å². The molecule has 2 aromatic carbocycles. The van der Waals surface area contributed by atoms with Gasteiger partial charge in [-0.25, -0.2) is 10.2 Å². The van der Waals surface area contributed by atoms with Gasteiger partial charge in [0.25, 0.3) is 5.91 Å². The molecule has 8 nitrogen and oxygen atoms in total. The van der Waals surface area contributed by atoms with Crippen molar-refractivity contribution in [1.29, 1.82) is 0 Å². The maximum Gasteiger partial charge on any atom is 0.337 e. The van der Waals surface area contributed by atoms with Crippen LogP contribution in [0.15, 0.2) is 64.9 Å². The molecule has 0 radical (unpaired) electrons. The van der Waals surface area contributed by atoms with Crippen LogP contribution >= 0.6 is 11.8 Å². The van der Waals surface area contributed by atoms with Crippen LogP contribution in [0.2, 0.25) is 0 Å². The second kappa shape index (κ2) is 9.65. The molecule has 0 saturated carbocycles. The fraction of sp³-hybridized carbons (Fsp3) is 0.150. The maximum atomic E-state index is 12.1. The minimum absolute atomic E-state index is 0.142. The molecular weight excluding hydrogens is 390 g/mol. The Morgan fingerprint density at radius 1 is 1.14 bits per heavy atom. The van der Waals surface area contributed by atoms with Gasteiger partial charge in [0.2, 0.25) is 0 Å². The summed E-state index contributed by atoms with van der Waals surface area (Å²) in [5, 5.41) is 12.8. The van der Waals surface area contributed by atoms with Crippen molar-refractivity contribution in [3.05, 3.63) is 71.5 Å². The zero-order valence-electron chi connectivity index (χ0n) is 15.9. The van der Waals surface area contributed by atoms with E-state index in [1.165, 1.54) is 25.1 Å². The molecule has 9 heteroatoms. The topological polar surface area (TPSA) is 98.5 Å². The second-order valence-electron chi connectivity index (χ2n) is 5.90. The van der Waals surface area contributed by atoms with Crippen molar-refractivity contribution in [2.75, 3.05) is 12.9 Å². The molecule has 3 aromatic rings. The van der Waals surface area contributed by atoms with E-state index in [0.717, 1.165) is 17.1 Å². The summed E-state index contributed by atoms with van der Waals surface area (Å²) in [6.45, 7) is 1.86. The van der Waals surface area contributed by atoms with Gasteiger partial charge in [0, 0.05) is 5.69 Å². The first-order valence-corrected chi connectivity index (χ1v) is 9.67. The van der Waals surface area contributed by atoms with E-state index in [0.29, 0.717) is 10.7 Å². The summed E-state index contributed by atoms with van der Waals surface area (Å²) in [5.41, 5.74) is 4.60. The molecule has 1 amide bonds. The number of ether oxygens (including phenoxy) is 1. The minimum atomic E-state index is -0.405. The summed E-state index contributed by atoms with van der Waals surface area (Å²) < 4.78 is 6.54. The van der Waals surface area contributed by atoms with Crippen molar-refractivity contribution in [2.45, 2.75) is 12.1 Å². The average molecular weight is 409 g/mol. The number of aromatic nitrogens is 3. The Hall–Kier alpha value is -3.46. The fourth-order valence-electron chi connectivity index (χ4n) is 2.48. The second-order valence-corrected chi connectivity index (χ2v) is 6.84. The Labute approximate surface area is 172 Å². The van der Waals surface area contributed by atoms with Crippen LogP contribution in [0.1, 0.15) is 21.7 Å². The quantitative estimate of drug-likeness (QED) is 0.279. The summed E-state index contributed by atoms with van der Waals surface area (Å²) >= 11 is 1.28. The summed E-state index contributed by atoms with van der Waals surface area (Å²) in [6.07, 6.45) is 1.50. The molecule has 0 spiro atoms. The normalized spacial score (nSPS) is 10.8. The molecule has 29 heavy (non-hydrogen) atoms. The van der Waals surface area contributed by atoms with Crippen molar-refractivity contribution in [3.8, 4) is 5.69 Å². The van der Waals surface area contributed by atoms with Crippen LogP contribution in [0.3, 0.4) is 0 Å². The third-order valence-electron chi connectivity index (χ3n) is 3.88. The SMILES string of the molecule is COC(=O)c1ccc(/C=N/NC(=O)CSc2nnc(C)n2-c2ccccc2)cc1. The van der Waals surface area contributed by atoms with Gasteiger partial charge in [0.05, 0.1) is 24.6 Å². The van der Waals surface area contributed by atoms with Crippen LogP contribution in [0.4, 0.5) is 0 Å². The number of para-hydroxylation sites is 1. The van der Waals surface area contributed by atoms with E-state index in [1.807, 2.05) is 41.8 Å². The third-order valence-corrected chi connectivity index (χ3v) is 4.81. The van der Waals surface area contributed by atoms with Crippen LogP contribution in [0, 0.1) is 6.92 Å². The van der Waals surface area contributed by atoms with E-state index in [4.69, 9.17) is 0 Å². The standard InChI is InChI=1S/C20H19N5O3S/c1-14-22-24-20(25(14)17-6-4-3-5-7-17)29-13-18(26)23-21-12-15-8-10-16(11-9-15)19(27)28-2/h3-12H,13H2,1-2H3,(H,23,26)/b21-12+. The van der Waals surface area contributed by atoms with E-state index >= 15 is 0 Å². The first kappa shape index (κ1) is 20.3. The first-order valence-electron chi connectivity index (χ1n) is 8.69. The van der Waals surface area contributed by atoms with Crippen molar-refractivity contribution in [2.24, 2.45) is 5.10 Å². The summed E-state index contributed by atoms with van der Waals surface area (Å²) in [5.74, 6) is 0.214. The number of carbonyl (C=O) groups excluding carboxylic acids is 2. The number of carbonyl (C=O) groups is 2. The number of hydrogen-bond acceptors (Lipinski definition) is 7. The number of hydrogen-bond donors (Lipinski definition) is 1. The largest absolute Gasteiger partial charge is 0.465 e. The van der Waals surface area contributed by atoms with Crippen molar-refractivity contribution in [3.63, 3.8) is 0 Å². The van der Waals surface area contributed by atoms with Crippen molar-refractivity contribution >= 4 is 29.9 Å². The van der Waals surface area contributed by atoms with E-state index < -0.39 is 5.97 Å². The molecule has 0 aliphatic carbocycles. The van der Waals surface area contributed by atoms with Gasteiger partial charge in [-0.3, -0.25) is 9.36 Å². The number of methoxy groups -OCH3 is 1. The molecule has 0 aliphatic rings. The molecule has 0 aliphatic heterocycles. The number of rotatable bonds is 7. The van der Waals surface area contributed by atoms with E-state index in [-0.39, 0.29) is 11.7 Å². The van der Waals surface area contributed by atoms with Crippen LogP contribution in [-0.4, -0.2) is 45.7 Å². The molecule has 0 unspecified atom stereocenters. The van der Waals surface area contributed by atoms with Crippen LogP contribution in [0.25, 0.3) is 5.69 Å². The third kappa shape index (κ3) is 5.29. The lowest BCUT2D eigenvalue weighted by molar-refractivity contribution is -0.118. The van der Waals surface area contributed by atoms with Crippen LogP contribution < -0.4 is 5.43 Å². The van der Waals surface area contributed by atoms with Crippen LogP contribution in [0.5, 0.6) is 0 Å². The minimum Gasteiger partial charge on any atom is -0.465 e. The molecule has 1 aromatic heterocycles. The Kier molecular flexibility index (Phi) is 6.75. The number of benzene rings is 2. The molecule has 1 heterocycles. The highest BCUT2D eigenvalue weighted by molar-refractivity contribution is 7.99. The molecular formula is C20H19N5O3S. The molecule has 0 fully saturated rings. The Bertz CT molecular complexity index is 1020. The summed E-state index contributed by atoms with van der Waals surface area (Å²) in [6, 6.07) is 16.4. The summed E-state index contributed by atoms with van der Waals surface area (Å²) in [4.78, 5) is 23.5. The highest BCUT2D eigenvalue weighted by Gasteiger charge is 2.13. The van der Waals surface area contributed by atoms with Crippen molar-refractivity contribution in [1.82, 2.24) is 20.2 Å². The zero-order chi connectivity index (χ0) is 20.6. The average Bonchev–Trinajstić information content (AvgIpc) is 3.13. The Balaban J connectivity index is 1.55. The van der Waals surface area contributed by atoms with Gasteiger partial charge < -0.3 is 4.74 Å². The molecule has 0 saturated heterocycles. The lowest BCUT2D eigenvalue weighted by atomic mass is 10.1. The van der Waals surface area contributed by atoms with E-state index in [2.05, 4.69) is 25.5 Å². The molecule has 3 rings (SSSR count). The van der Waals surface area contributed by atoms with E-state index in [1.54, 1.807) is 24.3 Å². The van der Waals surface area contributed by atoms with Gasteiger partial charge in [-0.2, -0.15) is 5.10 Å². The number of amides is 1. The highest BCUT2D eigenvalue weighted by atomic mass is 32.2. The predicted molar refractivity (Wildman–Crippen MR) is 110 cm³/mol. The molecule has 1 N–H and O–H groups in total. The summed E-state index contributed by atoms with van der Waals surface area (Å²) in [7, 11) is 1.33. The maximum absolute atomic E-state index is 12.1. The Morgan fingerprint density at radius 3 is 2.55 bits per heavy atom. The van der Waals surface area contributed by atoms with Gasteiger partial charge in [0.1, 0.15) is 5.82 Å². The lowest BCUT2D eigenvalue weighted by Gasteiger charge is -2.07. The van der Waals surface area contributed by atoms with Crippen LogP contribution in [-0.2, 0) is 9.53 Å². The Morgan fingerprint density at radius 2 is 1.86 bits per heavy atom. The highest BCUT2D eigenvalue weighted by Crippen LogP contribution is 2.21. The van der Waals surface area contributed by atoms with Gasteiger partial charge in [-0.05, 0) is 36.8 Å². The van der Waals surface area contributed by atoms with Gasteiger partial charge in [-0.1, -0.05) is 42.1 Å². The van der Waals surface area contributed by atoms with Gasteiger partial charge >= 0.3 is 5.97 Å². The smallest absolute Gasteiger partial charge is 0.337 e. The number of esters is 1. The number of aryl methyl sites for hydroxylation is 1. The fourth-order valence-corrected chi connectivity index (χ4v) is 3.26. The van der Waals surface area contributed by atoms with Gasteiger partial charge in [-0.15, -0.1) is 10.2 Å². The molecule has 0 atom stereocenters. The molecule has 0 bridgehead atoms. The van der Waals surface area contributed by atoms with Gasteiger partial charge in [0.15, 0.2) is 5.16 Å².